The smallest absolute Gasteiger partial charge is 0.129 e. The molecule has 1 aromatic carbocycles. The van der Waals surface area contributed by atoms with E-state index in [0.29, 0.717) is 15.9 Å². The average molecular weight is 322 g/mol. The van der Waals surface area contributed by atoms with Crippen LogP contribution >= 0.6 is 23.2 Å². The van der Waals surface area contributed by atoms with Crippen molar-refractivity contribution in [2.24, 2.45) is 7.05 Å². The Bertz CT molecular complexity index is 819. The number of hydrogen-bond acceptors (Lipinski definition) is 3. The highest BCUT2D eigenvalue weighted by molar-refractivity contribution is 6.36. The van der Waals surface area contributed by atoms with Gasteiger partial charge in [0.15, 0.2) is 0 Å². The maximum Gasteiger partial charge on any atom is 0.129 e. The first kappa shape index (κ1) is 14.0. The minimum absolute atomic E-state index is 0.532. The number of benzene rings is 1. The maximum atomic E-state index is 6.32. The monoisotopic (exact) mass is 321 g/mol. The van der Waals surface area contributed by atoms with Crippen LogP contribution < -0.4 is 5.73 Å². The number of halogens is 2. The van der Waals surface area contributed by atoms with E-state index in [1.165, 1.54) is 0 Å². The van der Waals surface area contributed by atoms with E-state index in [9.17, 15) is 0 Å². The quantitative estimate of drug-likeness (QED) is 0.756. The molecule has 0 bridgehead atoms. The zero-order valence-electron chi connectivity index (χ0n) is 11.5. The minimum Gasteiger partial charge on any atom is -0.383 e. The Hall–Kier alpha value is -1.98. The molecule has 0 aliphatic heterocycles. The largest absolute Gasteiger partial charge is 0.383 e. The van der Waals surface area contributed by atoms with Crippen molar-refractivity contribution in [1.82, 2.24) is 20.0 Å². The summed E-state index contributed by atoms with van der Waals surface area (Å²) in [5.41, 5.74) is 10.3. The van der Waals surface area contributed by atoms with E-state index in [0.717, 1.165) is 28.1 Å². The number of aromatic nitrogens is 4. The summed E-state index contributed by atoms with van der Waals surface area (Å²) < 4.78 is 1.63. The summed E-state index contributed by atoms with van der Waals surface area (Å²) in [6.07, 6.45) is 1.73. The number of nitrogen functional groups attached to an aromatic ring is 1. The number of nitrogens with two attached hydrogens (primary N) is 1. The Labute approximate surface area is 131 Å². The highest BCUT2D eigenvalue weighted by atomic mass is 35.5. The molecule has 3 aromatic rings. The molecule has 3 N–H and O–H groups in total. The molecule has 0 aliphatic carbocycles. The number of hydrogen-bond donors (Lipinski definition) is 2. The van der Waals surface area contributed by atoms with Gasteiger partial charge in [0.1, 0.15) is 11.5 Å². The van der Waals surface area contributed by atoms with Crippen molar-refractivity contribution >= 4 is 29.0 Å². The molecular weight excluding hydrogens is 309 g/mol. The number of anilines is 1. The van der Waals surface area contributed by atoms with Crippen LogP contribution in [0.2, 0.25) is 10.0 Å². The fourth-order valence-electron chi connectivity index (χ4n) is 2.27. The lowest BCUT2D eigenvalue weighted by atomic mass is 10.0. The summed E-state index contributed by atoms with van der Waals surface area (Å²) in [7, 11) is 1.79. The summed E-state index contributed by atoms with van der Waals surface area (Å²) in [4.78, 5) is 0. The second-order valence-electron chi connectivity index (χ2n) is 4.77. The van der Waals surface area contributed by atoms with Gasteiger partial charge in [0.2, 0.25) is 0 Å². The molecule has 2 heterocycles. The van der Waals surface area contributed by atoms with Crippen LogP contribution in [0.25, 0.3) is 22.4 Å². The van der Waals surface area contributed by atoms with Crippen molar-refractivity contribution in [2.75, 3.05) is 5.73 Å². The van der Waals surface area contributed by atoms with Gasteiger partial charge in [-0.3, -0.25) is 9.78 Å². The summed E-state index contributed by atoms with van der Waals surface area (Å²) in [6.45, 7) is 1.93. The van der Waals surface area contributed by atoms with Crippen LogP contribution in [0.3, 0.4) is 0 Å². The molecule has 21 heavy (non-hydrogen) atoms. The Balaban J connectivity index is 2.30. The molecule has 0 radical (unpaired) electrons. The predicted octanol–water partition coefficient (Wildman–Crippen LogP) is 3.67. The van der Waals surface area contributed by atoms with E-state index < -0.39 is 0 Å². The third kappa shape index (κ3) is 2.28. The van der Waals surface area contributed by atoms with Crippen molar-refractivity contribution in [1.29, 1.82) is 0 Å². The van der Waals surface area contributed by atoms with Gasteiger partial charge in [0.25, 0.3) is 0 Å². The summed E-state index contributed by atoms with van der Waals surface area (Å²) in [5, 5.41) is 12.5. The Kier molecular flexibility index (Phi) is 3.39. The van der Waals surface area contributed by atoms with Crippen LogP contribution in [0.4, 0.5) is 5.82 Å². The fourth-order valence-corrected chi connectivity index (χ4v) is 2.78. The van der Waals surface area contributed by atoms with Gasteiger partial charge in [-0.15, -0.1) is 0 Å². The van der Waals surface area contributed by atoms with Crippen LogP contribution in [0, 0.1) is 6.92 Å². The van der Waals surface area contributed by atoms with E-state index in [4.69, 9.17) is 28.9 Å². The SMILES string of the molecule is Cc1[nH]ncc1-c1nn(C)c(N)c1-c1ccc(Cl)cc1Cl. The molecule has 0 unspecified atom stereocenters. The third-order valence-electron chi connectivity index (χ3n) is 3.38. The molecule has 5 nitrogen and oxygen atoms in total. The molecule has 0 atom stereocenters. The number of H-pyrrole nitrogens is 1. The average Bonchev–Trinajstić information content (AvgIpc) is 2.96. The van der Waals surface area contributed by atoms with Crippen LogP contribution in [0.15, 0.2) is 24.4 Å². The Morgan fingerprint density at radius 3 is 2.62 bits per heavy atom. The van der Waals surface area contributed by atoms with Gasteiger partial charge in [-0.05, 0) is 19.1 Å². The molecule has 0 saturated heterocycles. The molecule has 0 amide bonds. The van der Waals surface area contributed by atoms with E-state index in [1.807, 2.05) is 13.0 Å². The molecule has 108 valence electrons. The predicted molar refractivity (Wildman–Crippen MR) is 85.4 cm³/mol. The van der Waals surface area contributed by atoms with Crippen LogP contribution in [-0.2, 0) is 7.05 Å². The van der Waals surface area contributed by atoms with Crippen molar-refractivity contribution in [3.8, 4) is 22.4 Å². The first-order valence-electron chi connectivity index (χ1n) is 6.27. The second-order valence-corrected chi connectivity index (χ2v) is 5.61. The molecule has 7 heteroatoms. The summed E-state index contributed by atoms with van der Waals surface area (Å²) in [6, 6.07) is 5.31. The number of nitrogens with zero attached hydrogens (tertiary/aromatic N) is 3. The van der Waals surface area contributed by atoms with Crippen LogP contribution in [0.5, 0.6) is 0 Å². The highest BCUT2D eigenvalue weighted by Crippen LogP contribution is 2.40. The summed E-state index contributed by atoms with van der Waals surface area (Å²) >= 11 is 12.3. The number of rotatable bonds is 2. The zero-order valence-corrected chi connectivity index (χ0v) is 13.0. The van der Waals surface area contributed by atoms with Crippen molar-refractivity contribution < 1.29 is 0 Å². The molecular formula is C14H13Cl2N5. The van der Waals surface area contributed by atoms with Crippen molar-refractivity contribution in [2.45, 2.75) is 6.92 Å². The van der Waals surface area contributed by atoms with Gasteiger partial charge >= 0.3 is 0 Å². The van der Waals surface area contributed by atoms with Gasteiger partial charge in [-0.1, -0.05) is 29.3 Å². The number of aromatic amines is 1. The first-order valence-corrected chi connectivity index (χ1v) is 7.03. The van der Waals surface area contributed by atoms with Crippen LogP contribution in [-0.4, -0.2) is 20.0 Å². The van der Waals surface area contributed by atoms with Gasteiger partial charge in [-0.25, -0.2) is 0 Å². The normalized spacial score (nSPS) is 11.0. The summed E-state index contributed by atoms with van der Waals surface area (Å²) in [5.74, 6) is 0.537. The van der Waals surface area contributed by atoms with Crippen molar-refractivity contribution in [3.63, 3.8) is 0 Å². The molecule has 0 aliphatic rings. The van der Waals surface area contributed by atoms with Gasteiger partial charge in [0, 0.05) is 28.9 Å². The molecule has 0 spiro atoms. The van der Waals surface area contributed by atoms with Gasteiger partial charge < -0.3 is 5.73 Å². The first-order chi connectivity index (χ1) is 9.99. The lowest BCUT2D eigenvalue weighted by Gasteiger charge is -2.06. The van der Waals surface area contributed by atoms with Gasteiger partial charge in [-0.2, -0.15) is 10.2 Å². The lowest BCUT2D eigenvalue weighted by molar-refractivity contribution is 0.782. The van der Waals surface area contributed by atoms with Gasteiger partial charge in [0.05, 0.1) is 16.8 Å². The standard InChI is InChI=1S/C14H13Cl2N5/c1-7-10(6-18-19-7)13-12(14(17)21(2)20-13)9-4-3-8(15)5-11(9)16/h3-6H,17H2,1-2H3,(H,18,19). The second kappa shape index (κ2) is 5.09. The van der Waals surface area contributed by atoms with E-state index in [2.05, 4.69) is 15.3 Å². The Morgan fingerprint density at radius 1 is 1.24 bits per heavy atom. The fraction of sp³-hybridized carbons (Fsp3) is 0.143. The van der Waals surface area contributed by atoms with Crippen LogP contribution in [0.1, 0.15) is 5.69 Å². The van der Waals surface area contributed by atoms with Crippen molar-refractivity contribution in [3.05, 3.63) is 40.1 Å². The molecule has 3 rings (SSSR count). The van der Waals surface area contributed by atoms with E-state index >= 15 is 0 Å². The highest BCUT2D eigenvalue weighted by Gasteiger charge is 2.21. The maximum absolute atomic E-state index is 6.32. The molecule has 0 saturated carbocycles. The molecule has 2 aromatic heterocycles. The third-order valence-corrected chi connectivity index (χ3v) is 3.92. The molecule has 0 fully saturated rings. The lowest BCUT2D eigenvalue weighted by Crippen LogP contribution is -1.98. The Morgan fingerprint density at radius 2 is 2.00 bits per heavy atom. The van der Waals surface area contributed by atoms with E-state index in [-0.39, 0.29) is 0 Å². The number of aryl methyl sites for hydroxylation is 2. The topological polar surface area (TPSA) is 72.5 Å². The minimum atomic E-state index is 0.532. The van der Waals surface area contributed by atoms with E-state index in [1.54, 1.807) is 30.1 Å². The number of nitrogens with one attached hydrogen (secondary N) is 1. The zero-order chi connectivity index (χ0) is 15.1.